The molecule has 0 amide bonds. The molecule has 0 spiro atoms. The molecule has 0 aliphatic heterocycles. The number of ether oxygens (including phenoxy) is 2. The normalized spacial score (nSPS) is 10.5. The van der Waals surface area contributed by atoms with Crippen molar-refractivity contribution in [1.29, 1.82) is 0 Å². The third-order valence-corrected chi connectivity index (χ3v) is 6.88. The van der Waals surface area contributed by atoms with Gasteiger partial charge in [-0.05, 0) is 25.0 Å². The summed E-state index contributed by atoms with van der Waals surface area (Å²) in [5.74, 6) is 1.29. The molecule has 0 radical (unpaired) electrons. The molecule has 0 aromatic carbocycles. The first kappa shape index (κ1) is 32.7. The highest BCUT2D eigenvalue weighted by Crippen LogP contribution is 2.28. The highest BCUT2D eigenvalue weighted by molar-refractivity contribution is 6.99. The Morgan fingerprint density at radius 2 is 1.00 bits per heavy atom. The quantitative estimate of drug-likeness (QED) is 0.0873. The molecule has 0 saturated heterocycles. The van der Waals surface area contributed by atoms with Crippen molar-refractivity contribution in [3.63, 3.8) is 0 Å². The molecule has 4 rings (SSSR count). The Kier molecular flexibility index (Phi) is 15.4. The fourth-order valence-electron chi connectivity index (χ4n) is 3.96. The van der Waals surface area contributed by atoms with Gasteiger partial charge in [0.05, 0.1) is 47.8 Å². The molecule has 0 fully saturated rings. The Hall–Kier alpha value is -1.52. The number of hydrogen-bond acceptors (Lipinski definition) is 8. The molecule has 4 aromatic heterocycles. The zero-order valence-electron chi connectivity index (χ0n) is 21.8. The number of nitrogens with zero attached hydrogens (tertiary/aromatic N) is 6. The number of unbranched alkanes of at least 4 members (excludes halogenated alkanes) is 7. The van der Waals surface area contributed by atoms with Gasteiger partial charge in [0.1, 0.15) is 14.1 Å². The fraction of sp³-hybridized carbons (Fsp3) is 0.462. The van der Waals surface area contributed by atoms with Gasteiger partial charge in [-0.1, -0.05) is 38.5 Å². The van der Waals surface area contributed by atoms with Crippen LogP contribution in [0.2, 0.25) is 0 Å². The molecule has 0 N–H and O–H groups in total. The Balaban J connectivity index is 0.00000253. The predicted octanol–water partition coefficient (Wildman–Crippen LogP) is -1.04. The molecule has 4 aromatic rings. The van der Waals surface area contributed by atoms with Crippen LogP contribution in [0.5, 0.6) is 11.8 Å². The van der Waals surface area contributed by atoms with Crippen molar-refractivity contribution in [3.8, 4) is 34.3 Å². The summed E-state index contributed by atoms with van der Waals surface area (Å²) in [5.41, 5.74) is 3.72. The summed E-state index contributed by atoms with van der Waals surface area (Å²) < 4.78 is 33.3. The number of rotatable bonds is 15. The van der Waals surface area contributed by atoms with Gasteiger partial charge in [0, 0.05) is 12.1 Å². The molecule has 0 aliphatic rings. The van der Waals surface area contributed by atoms with E-state index in [0.29, 0.717) is 25.0 Å². The van der Waals surface area contributed by atoms with Crippen LogP contribution in [0.4, 0.5) is 0 Å². The van der Waals surface area contributed by atoms with Crippen molar-refractivity contribution in [2.24, 2.45) is 14.1 Å². The second-order valence-electron chi connectivity index (χ2n) is 8.88. The maximum atomic E-state index is 5.92. The van der Waals surface area contributed by atoms with E-state index < -0.39 is 0 Å². The number of halogens is 2. The van der Waals surface area contributed by atoms with Crippen LogP contribution in [0.25, 0.3) is 22.5 Å². The van der Waals surface area contributed by atoms with Crippen LogP contribution in [0.15, 0.2) is 49.1 Å². The molecular weight excluding hydrogens is 746 g/mol. The monoisotopic (exact) mass is 780 g/mol. The van der Waals surface area contributed by atoms with Gasteiger partial charge in [0.25, 0.3) is 11.8 Å². The second-order valence-corrected chi connectivity index (χ2v) is 9.93. The molecule has 206 valence electrons. The summed E-state index contributed by atoms with van der Waals surface area (Å²) in [5, 5.41) is 0. The highest BCUT2D eigenvalue weighted by Gasteiger charge is 2.15. The van der Waals surface area contributed by atoms with E-state index in [1.165, 1.54) is 62.0 Å². The summed E-state index contributed by atoms with van der Waals surface area (Å²) in [6, 6.07) is 8.08. The van der Waals surface area contributed by atoms with Crippen molar-refractivity contribution >= 4 is 23.5 Å². The lowest BCUT2D eigenvalue weighted by Gasteiger charge is -2.06. The summed E-state index contributed by atoms with van der Waals surface area (Å²) in [6.07, 6.45) is 17.5. The standard InChI is InChI=1S/C26H34N6O2S2.2HI/c1-31-15-11-13-21(19-31)23-25(29-35-27-23)33-17-9-7-5-3-4-6-8-10-18-34-26-24(28-36-30-26)22-14-12-16-32(2)20-22;;/h11-16,19-20H,3-10,17-18H2,1-2H3;2*1H/q+2;;/p-2. The zero-order chi connectivity index (χ0) is 25.0. The number of pyridine rings is 2. The van der Waals surface area contributed by atoms with Gasteiger partial charge in [-0.3, -0.25) is 0 Å². The van der Waals surface area contributed by atoms with Gasteiger partial charge in [0.15, 0.2) is 36.2 Å². The van der Waals surface area contributed by atoms with E-state index in [4.69, 9.17) is 9.47 Å². The van der Waals surface area contributed by atoms with Crippen molar-refractivity contribution in [2.75, 3.05) is 13.2 Å². The molecule has 0 unspecified atom stereocenters. The lowest BCUT2D eigenvalue weighted by Crippen LogP contribution is -3.00. The Morgan fingerprint density at radius 3 is 1.39 bits per heavy atom. The van der Waals surface area contributed by atoms with E-state index in [9.17, 15) is 0 Å². The average Bonchev–Trinajstić information content (AvgIpc) is 3.54. The topological polar surface area (TPSA) is 77.8 Å². The smallest absolute Gasteiger partial charge is 0.254 e. The minimum Gasteiger partial charge on any atom is -1.00 e. The van der Waals surface area contributed by atoms with E-state index in [-0.39, 0.29) is 48.0 Å². The van der Waals surface area contributed by atoms with Gasteiger partial charge in [-0.2, -0.15) is 8.75 Å². The Labute approximate surface area is 267 Å². The van der Waals surface area contributed by atoms with Crippen molar-refractivity contribution in [2.45, 2.75) is 51.4 Å². The molecule has 4 heterocycles. The summed E-state index contributed by atoms with van der Waals surface area (Å²) in [4.78, 5) is 0. The predicted molar refractivity (Wildman–Crippen MR) is 141 cm³/mol. The van der Waals surface area contributed by atoms with Crippen LogP contribution in [0.1, 0.15) is 51.4 Å². The lowest BCUT2D eigenvalue weighted by atomic mass is 10.1. The van der Waals surface area contributed by atoms with Crippen LogP contribution < -0.4 is 66.6 Å². The third kappa shape index (κ3) is 10.2. The molecule has 38 heavy (non-hydrogen) atoms. The maximum Gasteiger partial charge on any atom is 0.254 e. The van der Waals surface area contributed by atoms with Crippen molar-refractivity contribution < 1.29 is 66.6 Å². The van der Waals surface area contributed by atoms with Crippen LogP contribution in [0, 0.1) is 0 Å². The lowest BCUT2D eigenvalue weighted by molar-refractivity contribution is -0.671. The van der Waals surface area contributed by atoms with E-state index in [2.05, 4.69) is 17.5 Å². The van der Waals surface area contributed by atoms with E-state index >= 15 is 0 Å². The summed E-state index contributed by atoms with van der Waals surface area (Å²) >= 11 is 2.40. The molecule has 0 bridgehead atoms. The third-order valence-electron chi connectivity index (χ3n) is 5.86. The molecule has 12 heteroatoms. The molecule has 0 saturated carbocycles. The molecular formula is C26H34I2N6O2S2. The second kappa shape index (κ2) is 17.9. The minimum atomic E-state index is 0. The van der Waals surface area contributed by atoms with E-state index in [1.54, 1.807) is 0 Å². The molecule has 0 atom stereocenters. The fourth-order valence-corrected chi connectivity index (χ4v) is 5.00. The van der Waals surface area contributed by atoms with Gasteiger partial charge in [0.2, 0.25) is 0 Å². The zero-order valence-corrected chi connectivity index (χ0v) is 27.7. The number of aryl methyl sites for hydroxylation is 2. The van der Waals surface area contributed by atoms with Gasteiger partial charge >= 0.3 is 0 Å². The van der Waals surface area contributed by atoms with Gasteiger partial charge < -0.3 is 57.4 Å². The average molecular weight is 781 g/mol. The maximum absolute atomic E-state index is 5.92. The number of aromatic nitrogens is 6. The number of hydrogen-bond donors (Lipinski definition) is 0. The van der Waals surface area contributed by atoms with Gasteiger partial charge in [-0.25, -0.2) is 9.13 Å². The first-order valence-corrected chi connectivity index (χ1v) is 14.0. The summed E-state index contributed by atoms with van der Waals surface area (Å²) in [6.45, 7) is 1.37. The first-order chi connectivity index (χ1) is 17.7. The van der Waals surface area contributed by atoms with E-state index in [1.807, 2.05) is 72.3 Å². The Bertz CT molecular complexity index is 1130. The summed E-state index contributed by atoms with van der Waals surface area (Å²) in [7, 11) is 4.00. The van der Waals surface area contributed by atoms with Gasteiger partial charge in [-0.15, -0.1) is 8.75 Å². The SMILES string of the molecule is C[n+]1cccc(-c2nsnc2OCCCCCCCCCCOc2nsnc2-c2ccc[n+](C)c2)c1.[I-].[I-]. The highest BCUT2D eigenvalue weighted by atomic mass is 127. The van der Waals surface area contributed by atoms with Crippen LogP contribution in [-0.4, -0.2) is 30.7 Å². The molecule has 0 aliphatic carbocycles. The Morgan fingerprint density at radius 1 is 0.605 bits per heavy atom. The molecule has 8 nitrogen and oxygen atoms in total. The minimum absolute atomic E-state index is 0. The first-order valence-electron chi connectivity index (χ1n) is 12.5. The van der Waals surface area contributed by atoms with Crippen LogP contribution >= 0.6 is 23.5 Å². The van der Waals surface area contributed by atoms with Crippen molar-refractivity contribution in [3.05, 3.63) is 49.1 Å². The van der Waals surface area contributed by atoms with Crippen molar-refractivity contribution in [1.82, 2.24) is 17.5 Å². The van der Waals surface area contributed by atoms with E-state index in [0.717, 1.165) is 35.4 Å². The largest absolute Gasteiger partial charge is 1.00 e. The van der Waals surface area contributed by atoms with Crippen LogP contribution in [-0.2, 0) is 14.1 Å². The van der Waals surface area contributed by atoms with Crippen LogP contribution in [0.3, 0.4) is 0 Å².